The first kappa shape index (κ1) is 12.1. The van der Waals surface area contributed by atoms with E-state index in [1.165, 1.54) is 12.1 Å². The topological polar surface area (TPSA) is 66.4 Å². The third kappa shape index (κ3) is 2.20. The van der Waals surface area contributed by atoms with E-state index in [9.17, 15) is 14.0 Å². The zero-order valence-corrected chi connectivity index (χ0v) is 10.2. The third-order valence-electron chi connectivity index (χ3n) is 3.94. The predicted octanol–water partition coefficient (Wildman–Crippen LogP) is 1.65. The standard InChI is InChI=1S/C14H14FNO3/c15-8-2-3-9-7(5-8)1-4-12(9)16-13(17)10-6-11(10)14(18)19/h2-3,5,10-12H,1,4,6H2,(H,16,17)(H,18,19)/t10-,11+,12-/m0/s1. The van der Waals surface area contributed by atoms with Crippen molar-refractivity contribution in [3.05, 3.63) is 35.1 Å². The van der Waals surface area contributed by atoms with Crippen molar-refractivity contribution in [1.82, 2.24) is 5.32 Å². The number of carboxylic acid groups (broad SMARTS) is 1. The number of hydrogen-bond donors (Lipinski definition) is 2. The minimum absolute atomic E-state index is 0.113. The van der Waals surface area contributed by atoms with Crippen molar-refractivity contribution in [3.63, 3.8) is 0 Å². The van der Waals surface area contributed by atoms with E-state index in [1.807, 2.05) is 0 Å². The average molecular weight is 263 g/mol. The van der Waals surface area contributed by atoms with Crippen LogP contribution in [0.15, 0.2) is 18.2 Å². The van der Waals surface area contributed by atoms with E-state index in [-0.39, 0.29) is 17.8 Å². The molecule has 1 aromatic carbocycles. The van der Waals surface area contributed by atoms with E-state index in [0.29, 0.717) is 6.42 Å². The highest BCUT2D eigenvalue weighted by atomic mass is 19.1. The lowest BCUT2D eigenvalue weighted by Gasteiger charge is -2.14. The molecule has 3 atom stereocenters. The van der Waals surface area contributed by atoms with Gasteiger partial charge in [0.2, 0.25) is 5.91 Å². The number of halogens is 1. The van der Waals surface area contributed by atoms with Crippen LogP contribution in [0.25, 0.3) is 0 Å². The van der Waals surface area contributed by atoms with Crippen molar-refractivity contribution >= 4 is 11.9 Å². The SMILES string of the molecule is O=C(N[C@H]1CCc2cc(F)ccc21)[C@H]1C[C@H]1C(=O)O. The van der Waals surface area contributed by atoms with Crippen molar-refractivity contribution in [1.29, 1.82) is 0 Å². The van der Waals surface area contributed by atoms with E-state index in [2.05, 4.69) is 5.32 Å². The molecule has 5 heteroatoms. The summed E-state index contributed by atoms with van der Waals surface area (Å²) in [5.41, 5.74) is 1.87. The Morgan fingerprint density at radius 1 is 1.32 bits per heavy atom. The van der Waals surface area contributed by atoms with Gasteiger partial charge in [0.25, 0.3) is 0 Å². The van der Waals surface area contributed by atoms with Crippen LogP contribution < -0.4 is 5.32 Å². The summed E-state index contributed by atoms with van der Waals surface area (Å²) in [6.45, 7) is 0. The maximum Gasteiger partial charge on any atom is 0.307 e. The molecule has 0 heterocycles. The molecule has 2 N–H and O–H groups in total. The average Bonchev–Trinajstić information content (AvgIpc) is 3.08. The Labute approximate surface area is 109 Å². The zero-order valence-electron chi connectivity index (χ0n) is 10.2. The fourth-order valence-electron chi connectivity index (χ4n) is 2.77. The lowest BCUT2D eigenvalue weighted by atomic mass is 10.1. The van der Waals surface area contributed by atoms with Gasteiger partial charge in [0.1, 0.15) is 5.82 Å². The van der Waals surface area contributed by atoms with Crippen LogP contribution in [0.2, 0.25) is 0 Å². The van der Waals surface area contributed by atoms with Crippen LogP contribution in [0.4, 0.5) is 4.39 Å². The van der Waals surface area contributed by atoms with Crippen molar-refractivity contribution in [2.24, 2.45) is 11.8 Å². The van der Waals surface area contributed by atoms with Crippen LogP contribution in [0.5, 0.6) is 0 Å². The van der Waals surface area contributed by atoms with Crippen LogP contribution in [0, 0.1) is 17.7 Å². The van der Waals surface area contributed by atoms with E-state index < -0.39 is 17.8 Å². The van der Waals surface area contributed by atoms with Crippen LogP contribution in [0.3, 0.4) is 0 Å². The highest BCUT2D eigenvalue weighted by molar-refractivity contribution is 5.89. The first-order valence-electron chi connectivity index (χ1n) is 6.38. The Morgan fingerprint density at radius 2 is 2.11 bits per heavy atom. The number of fused-ring (bicyclic) bond motifs is 1. The summed E-state index contributed by atoms with van der Waals surface area (Å²) in [4.78, 5) is 22.6. The molecule has 1 saturated carbocycles. The molecule has 1 amide bonds. The molecular formula is C14H14FNO3. The number of rotatable bonds is 3. The Kier molecular flexibility index (Phi) is 2.77. The van der Waals surface area contributed by atoms with Crippen molar-refractivity contribution in [2.75, 3.05) is 0 Å². The number of carbonyl (C=O) groups excluding carboxylic acids is 1. The van der Waals surface area contributed by atoms with Crippen molar-refractivity contribution in [2.45, 2.75) is 25.3 Å². The summed E-state index contributed by atoms with van der Waals surface area (Å²) in [5.74, 6) is -2.31. The number of carbonyl (C=O) groups is 2. The van der Waals surface area contributed by atoms with Crippen molar-refractivity contribution in [3.8, 4) is 0 Å². The lowest BCUT2D eigenvalue weighted by molar-refractivity contribution is -0.140. The molecule has 0 bridgehead atoms. The van der Waals surface area contributed by atoms with Crippen LogP contribution in [0.1, 0.15) is 30.0 Å². The number of nitrogens with one attached hydrogen (secondary N) is 1. The molecule has 1 fully saturated rings. The van der Waals surface area contributed by atoms with Gasteiger partial charge in [-0.2, -0.15) is 0 Å². The molecule has 19 heavy (non-hydrogen) atoms. The number of aryl methyl sites for hydroxylation is 1. The van der Waals surface area contributed by atoms with E-state index in [1.54, 1.807) is 6.07 Å². The summed E-state index contributed by atoms with van der Waals surface area (Å²) < 4.78 is 13.1. The lowest BCUT2D eigenvalue weighted by Crippen LogP contribution is -2.29. The second kappa shape index (κ2) is 4.33. The maximum atomic E-state index is 13.1. The van der Waals surface area contributed by atoms with Gasteiger partial charge in [-0.15, -0.1) is 0 Å². The quantitative estimate of drug-likeness (QED) is 0.871. The Hall–Kier alpha value is -1.91. The van der Waals surface area contributed by atoms with Gasteiger partial charge in [0.05, 0.1) is 17.9 Å². The monoisotopic (exact) mass is 263 g/mol. The van der Waals surface area contributed by atoms with E-state index >= 15 is 0 Å². The minimum Gasteiger partial charge on any atom is -0.481 e. The molecule has 2 aliphatic rings. The Balaban J connectivity index is 1.67. The first-order chi connectivity index (χ1) is 9.06. The molecule has 4 nitrogen and oxygen atoms in total. The van der Waals surface area contributed by atoms with Gasteiger partial charge in [0, 0.05) is 0 Å². The highest BCUT2D eigenvalue weighted by Gasteiger charge is 2.48. The summed E-state index contributed by atoms with van der Waals surface area (Å²) in [5, 5.41) is 11.7. The number of amides is 1. The smallest absolute Gasteiger partial charge is 0.307 e. The maximum absolute atomic E-state index is 13.1. The van der Waals surface area contributed by atoms with Crippen LogP contribution >= 0.6 is 0 Å². The van der Waals surface area contributed by atoms with Crippen molar-refractivity contribution < 1.29 is 19.1 Å². The third-order valence-corrected chi connectivity index (χ3v) is 3.94. The Bertz CT molecular complexity index is 558. The van der Waals surface area contributed by atoms with Gasteiger partial charge < -0.3 is 10.4 Å². The molecule has 2 aliphatic carbocycles. The summed E-state index contributed by atoms with van der Waals surface area (Å²) in [7, 11) is 0. The number of aliphatic carboxylic acids is 1. The molecule has 100 valence electrons. The molecule has 0 radical (unpaired) electrons. The largest absolute Gasteiger partial charge is 0.481 e. The van der Waals surface area contributed by atoms with Gasteiger partial charge in [-0.1, -0.05) is 6.07 Å². The molecule has 0 aromatic heterocycles. The second-order valence-corrected chi connectivity index (χ2v) is 5.23. The molecule has 0 aliphatic heterocycles. The van der Waals surface area contributed by atoms with Crippen LogP contribution in [-0.2, 0) is 16.0 Å². The van der Waals surface area contributed by atoms with Crippen LogP contribution in [-0.4, -0.2) is 17.0 Å². The zero-order chi connectivity index (χ0) is 13.6. The van der Waals surface area contributed by atoms with Gasteiger partial charge >= 0.3 is 5.97 Å². The minimum atomic E-state index is -0.908. The van der Waals surface area contributed by atoms with Gasteiger partial charge in [-0.05, 0) is 42.5 Å². The number of hydrogen-bond acceptors (Lipinski definition) is 2. The number of benzene rings is 1. The summed E-state index contributed by atoms with van der Waals surface area (Å²) in [6.07, 6.45) is 1.91. The molecule has 3 rings (SSSR count). The summed E-state index contributed by atoms with van der Waals surface area (Å²) >= 11 is 0. The normalized spacial score (nSPS) is 27.7. The number of carboxylic acids is 1. The van der Waals surface area contributed by atoms with Gasteiger partial charge in [0.15, 0.2) is 0 Å². The van der Waals surface area contributed by atoms with E-state index in [4.69, 9.17) is 5.11 Å². The molecule has 0 spiro atoms. The first-order valence-corrected chi connectivity index (χ1v) is 6.38. The predicted molar refractivity (Wildman–Crippen MR) is 64.8 cm³/mol. The fourth-order valence-corrected chi connectivity index (χ4v) is 2.77. The van der Waals surface area contributed by atoms with E-state index in [0.717, 1.165) is 24.0 Å². The highest BCUT2D eigenvalue weighted by Crippen LogP contribution is 2.40. The Morgan fingerprint density at radius 3 is 2.79 bits per heavy atom. The molecule has 0 unspecified atom stereocenters. The van der Waals surface area contributed by atoms with Gasteiger partial charge in [-0.3, -0.25) is 9.59 Å². The fraction of sp³-hybridized carbons (Fsp3) is 0.429. The molecular weight excluding hydrogens is 249 g/mol. The summed E-state index contributed by atoms with van der Waals surface area (Å²) in [6, 6.07) is 4.47. The molecule has 1 aromatic rings. The second-order valence-electron chi connectivity index (χ2n) is 5.23. The van der Waals surface area contributed by atoms with Gasteiger partial charge in [-0.25, -0.2) is 4.39 Å². The molecule has 0 saturated heterocycles.